The number of methoxy groups -OCH3 is 1. The van der Waals surface area contributed by atoms with Crippen molar-refractivity contribution in [2.75, 3.05) is 20.3 Å². The molecule has 0 fully saturated rings. The summed E-state index contributed by atoms with van der Waals surface area (Å²) in [6.07, 6.45) is 0. The third-order valence-corrected chi connectivity index (χ3v) is 2.45. The second kappa shape index (κ2) is 10.7. The molecule has 114 valence electrons. The fraction of sp³-hybridized carbons (Fsp3) is 0.500. The molecular weight excluding hydrogens is 369 g/mol. The molecule has 1 atom stereocenters. The molecule has 0 saturated carbocycles. The highest BCUT2D eigenvalue weighted by molar-refractivity contribution is 14.0. The van der Waals surface area contributed by atoms with E-state index in [1.54, 1.807) is 7.11 Å². The highest BCUT2D eigenvalue weighted by atomic mass is 127. The van der Waals surface area contributed by atoms with E-state index in [2.05, 4.69) is 10.3 Å². The maximum atomic E-state index is 5.80. The van der Waals surface area contributed by atoms with Gasteiger partial charge in [-0.2, -0.15) is 0 Å². The topological polar surface area (TPSA) is 68.9 Å². The summed E-state index contributed by atoms with van der Waals surface area (Å²) in [6, 6.07) is 7.99. The van der Waals surface area contributed by atoms with Gasteiger partial charge in [-0.25, -0.2) is 4.99 Å². The molecule has 0 saturated heterocycles. The zero-order chi connectivity index (χ0) is 14.1. The van der Waals surface area contributed by atoms with Gasteiger partial charge in [-0.3, -0.25) is 0 Å². The summed E-state index contributed by atoms with van der Waals surface area (Å²) >= 11 is 0. The minimum Gasteiger partial charge on any atom is -0.494 e. The van der Waals surface area contributed by atoms with E-state index in [-0.39, 0.29) is 30.0 Å². The molecule has 0 bridgehead atoms. The molecule has 1 rings (SSSR count). The summed E-state index contributed by atoms with van der Waals surface area (Å²) in [6.45, 7) is 5.73. The van der Waals surface area contributed by atoms with Crippen LogP contribution < -0.4 is 15.8 Å². The van der Waals surface area contributed by atoms with Crippen molar-refractivity contribution in [1.82, 2.24) is 5.32 Å². The van der Waals surface area contributed by atoms with Crippen molar-refractivity contribution < 1.29 is 9.47 Å². The van der Waals surface area contributed by atoms with Crippen molar-refractivity contribution in [2.45, 2.75) is 26.4 Å². The van der Waals surface area contributed by atoms with Crippen LogP contribution in [0.2, 0.25) is 0 Å². The molecule has 1 aromatic carbocycles. The highest BCUT2D eigenvalue weighted by Gasteiger charge is 2.01. The minimum atomic E-state index is 0. The molecule has 6 heteroatoms. The third kappa shape index (κ3) is 7.54. The first-order chi connectivity index (χ1) is 9.15. The Morgan fingerprint density at radius 3 is 2.85 bits per heavy atom. The predicted molar refractivity (Wildman–Crippen MR) is 92.8 cm³/mol. The first-order valence-electron chi connectivity index (χ1n) is 6.42. The summed E-state index contributed by atoms with van der Waals surface area (Å²) in [4.78, 5) is 4.29. The number of nitrogens with one attached hydrogen (secondary N) is 1. The largest absolute Gasteiger partial charge is 0.494 e. The van der Waals surface area contributed by atoms with Crippen LogP contribution in [0.25, 0.3) is 0 Å². The van der Waals surface area contributed by atoms with E-state index in [1.165, 1.54) is 0 Å². The molecule has 0 aliphatic rings. The van der Waals surface area contributed by atoms with Crippen LogP contribution in [0.5, 0.6) is 5.75 Å². The normalized spacial score (nSPS) is 12.4. The first kappa shape index (κ1) is 19.0. The average molecular weight is 393 g/mol. The van der Waals surface area contributed by atoms with Crippen molar-refractivity contribution in [2.24, 2.45) is 10.7 Å². The Morgan fingerprint density at radius 1 is 1.45 bits per heavy atom. The van der Waals surface area contributed by atoms with Crippen LogP contribution in [0, 0.1) is 0 Å². The molecular formula is C14H24IN3O2. The van der Waals surface area contributed by atoms with Crippen molar-refractivity contribution in [3.05, 3.63) is 29.8 Å². The number of halogens is 1. The van der Waals surface area contributed by atoms with Crippen LogP contribution in [0.4, 0.5) is 0 Å². The average Bonchev–Trinajstić information content (AvgIpc) is 2.37. The number of ether oxygens (including phenoxy) is 2. The molecule has 0 aliphatic carbocycles. The molecule has 0 aliphatic heterocycles. The Kier molecular flexibility index (Phi) is 10.2. The molecule has 1 aromatic rings. The van der Waals surface area contributed by atoms with Crippen molar-refractivity contribution >= 4 is 29.9 Å². The number of hydrogen-bond donors (Lipinski definition) is 2. The molecule has 5 nitrogen and oxygen atoms in total. The number of benzene rings is 1. The zero-order valence-electron chi connectivity index (χ0n) is 12.3. The van der Waals surface area contributed by atoms with Gasteiger partial charge in [-0.15, -0.1) is 24.0 Å². The lowest BCUT2D eigenvalue weighted by atomic mass is 10.2. The number of hydrogen-bond acceptors (Lipinski definition) is 3. The van der Waals surface area contributed by atoms with E-state index in [9.17, 15) is 0 Å². The summed E-state index contributed by atoms with van der Waals surface area (Å²) in [5, 5.41) is 3.06. The summed E-state index contributed by atoms with van der Waals surface area (Å²) in [7, 11) is 1.66. The Hall–Kier alpha value is -1.02. The molecule has 0 aromatic heterocycles. The van der Waals surface area contributed by atoms with Gasteiger partial charge >= 0.3 is 0 Å². The smallest absolute Gasteiger partial charge is 0.189 e. The molecule has 3 N–H and O–H groups in total. The van der Waals surface area contributed by atoms with Crippen molar-refractivity contribution in [3.8, 4) is 5.75 Å². The van der Waals surface area contributed by atoms with Crippen LogP contribution in [0.15, 0.2) is 29.3 Å². The van der Waals surface area contributed by atoms with Crippen LogP contribution in [0.1, 0.15) is 19.4 Å². The molecule has 0 spiro atoms. The molecule has 0 radical (unpaired) electrons. The lowest BCUT2D eigenvalue weighted by Crippen LogP contribution is -2.40. The van der Waals surface area contributed by atoms with Gasteiger partial charge in [0.2, 0.25) is 0 Å². The second-order valence-electron chi connectivity index (χ2n) is 4.28. The number of nitrogens with two attached hydrogens (primary N) is 1. The Bertz CT molecular complexity index is 413. The van der Waals surface area contributed by atoms with E-state index >= 15 is 0 Å². The maximum absolute atomic E-state index is 5.80. The van der Waals surface area contributed by atoms with Crippen molar-refractivity contribution in [1.29, 1.82) is 0 Å². The monoisotopic (exact) mass is 393 g/mol. The number of guanidine groups is 1. The lowest BCUT2D eigenvalue weighted by molar-refractivity contribution is 0.179. The van der Waals surface area contributed by atoms with E-state index in [0.717, 1.165) is 11.3 Å². The van der Waals surface area contributed by atoms with E-state index in [0.29, 0.717) is 25.7 Å². The van der Waals surface area contributed by atoms with Gasteiger partial charge in [0.25, 0.3) is 0 Å². The third-order valence-electron chi connectivity index (χ3n) is 2.45. The van der Waals surface area contributed by atoms with Crippen LogP contribution in [-0.4, -0.2) is 32.3 Å². The molecule has 0 amide bonds. The van der Waals surface area contributed by atoms with Gasteiger partial charge in [0.1, 0.15) is 5.75 Å². The number of aliphatic imine (C=N–C) groups is 1. The quantitative estimate of drug-likeness (QED) is 0.423. The van der Waals surface area contributed by atoms with Crippen molar-refractivity contribution in [3.63, 3.8) is 0 Å². The standard InChI is InChI=1S/C14H23N3O2.HI/c1-4-19-13-7-5-6-12(8-13)9-16-14(15)17-11(2)10-18-3;/h5-8,11H,4,9-10H2,1-3H3,(H3,15,16,17);1H. The van der Waals surface area contributed by atoms with Crippen LogP contribution >= 0.6 is 24.0 Å². The van der Waals surface area contributed by atoms with Gasteiger partial charge in [-0.05, 0) is 31.5 Å². The number of rotatable bonds is 7. The lowest BCUT2D eigenvalue weighted by Gasteiger charge is -2.13. The second-order valence-corrected chi connectivity index (χ2v) is 4.28. The van der Waals surface area contributed by atoms with E-state index in [1.807, 2.05) is 38.1 Å². The van der Waals surface area contributed by atoms with Gasteiger partial charge in [0.15, 0.2) is 5.96 Å². The minimum absolute atomic E-state index is 0. The maximum Gasteiger partial charge on any atom is 0.189 e. The molecule has 1 unspecified atom stereocenters. The molecule has 0 heterocycles. The summed E-state index contributed by atoms with van der Waals surface area (Å²) in [5.41, 5.74) is 6.87. The zero-order valence-corrected chi connectivity index (χ0v) is 14.6. The number of nitrogens with zero attached hydrogens (tertiary/aromatic N) is 1. The fourth-order valence-electron chi connectivity index (χ4n) is 1.67. The van der Waals surface area contributed by atoms with Crippen LogP contribution in [0.3, 0.4) is 0 Å². The first-order valence-corrected chi connectivity index (χ1v) is 6.42. The SMILES string of the molecule is CCOc1cccc(CN=C(N)NC(C)COC)c1.I. The van der Waals surface area contributed by atoms with Crippen LogP contribution in [-0.2, 0) is 11.3 Å². The van der Waals surface area contributed by atoms with Gasteiger partial charge in [-0.1, -0.05) is 12.1 Å². The van der Waals surface area contributed by atoms with E-state index in [4.69, 9.17) is 15.2 Å². The van der Waals surface area contributed by atoms with E-state index < -0.39 is 0 Å². The highest BCUT2D eigenvalue weighted by Crippen LogP contribution is 2.13. The van der Waals surface area contributed by atoms with Gasteiger partial charge < -0.3 is 20.5 Å². The Morgan fingerprint density at radius 2 is 2.20 bits per heavy atom. The molecule has 20 heavy (non-hydrogen) atoms. The fourth-order valence-corrected chi connectivity index (χ4v) is 1.67. The summed E-state index contributed by atoms with van der Waals surface area (Å²) < 4.78 is 10.5. The van der Waals surface area contributed by atoms with Gasteiger partial charge in [0, 0.05) is 13.2 Å². The van der Waals surface area contributed by atoms with Gasteiger partial charge in [0.05, 0.1) is 19.8 Å². The summed E-state index contributed by atoms with van der Waals surface area (Å²) in [5.74, 6) is 1.28. The Balaban J connectivity index is 0.00000361. The Labute approximate surface area is 138 Å². The predicted octanol–water partition coefficient (Wildman–Crippen LogP) is 2.14.